The number of rotatable bonds is 2. The Morgan fingerprint density at radius 2 is 2.30 bits per heavy atom. The first-order chi connectivity index (χ1) is 9.58. The molecule has 2 aromatic rings. The molecule has 0 aromatic carbocycles. The number of carboxylic acids is 1. The second-order valence-electron chi connectivity index (χ2n) is 4.66. The van der Waals surface area contributed by atoms with Gasteiger partial charge in [0.15, 0.2) is 0 Å². The van der Waals surface area contributed by atoms with Crippen molar-refractivity contribution < 1.29 is 14.7 Å². The fourth-order valence-electron chi connectivity index (χ4n) is 2.40. The number of hydrogen-bond acceptors (Lipinski definition) is 4. The number of carbonyl (C=O) groups excluding carboxylic acids is 1. The van der Waals surface area contributed by atoms with Gasteiger partial charge in [-0.2, -0.15) is 5.10 Å². The van der Waals surface area contributed by atoms with Crippen LogP contribution >= 0.6 is 0 Å². The number of aliphatic carboxylic acids is 1. The van der Waals surface area contributed by atoms with Crippen LogP contribution in [0.2, 0.25) is 0 Å². The molecule has 0 saturated carbocycles. The smallest absolute Gasteiger partial charge is 0.326 e. The average Bonchev–Trinajstić information content (AvgIpc) is 3.04. The molecular weight excluding hydrogens is 262 g/mol. The number of hydrogen-bond donors (Lipinski definition) is 2. The Kier molecular flexibility index (Phi) is 2.78. The number of aromatic nitrogens is 4. The van der Waals surface area contributed by atoms with Gasteiger partial charge in [-0.15, -0.1) is 0 Å². The minimum absolute atomic E-state index is 0.205. The normalized spacial score (nSPS) is 17.9. The van der Waals surface area contributed by atoms with Gasteiger partial charge in [0, 0.05) is 19.7 Å². The zero-order valence-electron chi connectivity index (χ0n) is 10.8. The molecule has 0 spiro atoms. The number of aromatic amines is 1. The lowest BCUT2D eigenvalue weighted by molar-refractivity contribution is -0.142. The lowest BCUT2D eigenvalue weighted by Gasteiger charge is -2.32. The summed E-state index contributed by atoms with van der Waals surface area (Å²) in [6, 6.07) is 0.664. The Morgan fingerprint density at radius 3 is 2.95 bits per heavy atom. The summed E-state index contributed by atoms with van der Waals surface area (Å²) in [5.74, 6) is -1.38. The Hall–Kier alpha value is -2.64. The number of H-pyrrole nitrogens is 1. The molecule has 0 fully saturated rings. The number of nitrogens with zero attached hydrogens (tertiary/aromatic N) is 4. The first-order valence-electron chi connectivity index (χ1n) is 6.11. The maximum Gasteiger partial charge on any atom is 0.326 e. The number of amides is 1. The number of fused-ring (bicyclic) bond motifs is 1. The molecule has 20 heavy (non-hydrogen) atoms. The molecule has 1 aliphatic rings. The summed E-state index contributed by atoms with van der Waals surface area (Å²) < 4.78 is 1.43. The van der Waals surface area contributed by atoms with Gasteiger partial charge in [0.05, 0.1) is 24.3 Å². The molecule has 8 nitrogen and oxygen atoms in total. The van der Waals surface area contributed by atoms with E-state index in [1.807, 2.05) is 0 Å². The van der Waals surface area contributed by atoms with Crippen molar-refractivity contribution in [3.8, 4) is 0 Å². The highest BCUT2D eigenvalue weighted by Gasteiger charge is 2.37. The summed E-state index contributed by atoms with van der Waals surface area (Å²) in [6.07, 6.45) is 3.23. The van der Waals surface area contributed by atoms with Gasteiger partial charge in [-0.05, 0) is 6.07 Å². The maximum absolute atomic E-state index is 12.5. The number of aryl methyl sites for hydroxylation is 1. The fraction of sp³-hybridized carbons (Fsp3) is 0.333. The van der Waals surface area contributed by atoms with E-state index in [0.29, 0.717) is 11.4 Å². The Labute approximate surface area is 114 Å². The van der Waals surface area contributed by atoms with Crippen molar-refractivity contribution in [3.63, 3.8) is 0 Å². The highest BCUT2D eigenvalue weighted by molar-refractivity contribution is 5.95. The lowest BCUT2D eigenvalue weighted by atomic mass is 10.0. The van der Waals surface area contributed by atoms with Gasteiger partial charge >= 0.3 is 5.97 Å². The number of imidazole rings is 1. The highest BCUT2D eigenvalue weighted by atomic mass is 16.4. The SMILES string of the molecule is Cn1nccc1C(=O)N1Cc2[nH]cnc2CC1C(=O)O. The summed E-state index contributed by atoms with van der Waals surface area (Å²) in [4.78, 5) is 32.3. The number of carboxylic acid groups (broad SMARTS) is 1. The Balaban J connectivity index is 1.96. The Bertz CT molecular complexity index is 674. The molecule has 3 heterocycles. The van der Waals surface area contributed by atoms with Gasteiger partial charge in [-0.1, -0.05) is 0 Å². The van der Waals surface area contributed by atoms with Gasteiger partial charge in [0.25, 0.3) is 5.91 Å². The van der Waals surface area contributed by atoms with Crippen molar-refractivity contribution in [2.45, 2.75) is 19.0 Å². The highest BCUT2D eigenvalue weighted by Crippen LogP contribution is 2.22. The predicted molar refractivity (Wildman–Crippen MR) is 66.8 cm³/mol. The molecule has 104 valence electrons. The molecule has 0 bridgehead atoms. The van der Waals surface area contributed by atoms with Crippen LogP contribution in [-0.2, 0) is 24.8 Å². The van der Waals surface area contributed by atoms with Gasteiger partial charge in [-0.3, -0.25) is 9.48 Å². The fourth-order valence-corrected chi connectivity index (χ4v) is 2.40. The minimum Gasteiger partial charge on any atom is -0.480 e. The van der Waals surface area contributed by atoms with Crippen molar-refractivity contribution >= 4 is 11.9 Å². The van der Waals surface area contributed by atoms with Crippen LogP contribution in [0, 0.1) is 0 Å². The standard InChI is InChI=1S/C12H13N5O3/c1-16-9(2-3-15-16)11(18)17-5-8-7(13-6-14-8)4-10(17)12(19)20/h2-3,6,10H,4-5H2,1H3,(H,13,14)(H,19,20). The third-order valence-corrected chi connectivity index (χ3v) is 3.48. The van der Waals surface area contributed by atoms with E-state index in [-0.39, 0.29) is 18.9 Å². The van der Waals surface area contributed by atoms with Crippen LogP contribution in [0.4, 0.5) is 0 Å². The number of carbonyl (C=O) groups is 2. The van der Waals surface area contributed by atoms with Crippen LogP contribution in [-0.4, -0.2) is 47.7 Å². The molecule has 2 N–H and O–H groups in total. The molecule has 0 aliphatic carbocycles. The summed E-state index contributed by atoms with van der Waals surface area (Å²) in [5, 5.41) is 13.3. The molecule has 1 amide bonds. The van der Waals surface area contributed by atoms with Gasteiger partial charge in [0.2, 0.25) is 0 Å². The van der Waals surface area contributed by atoms with Crippen molar-refractivity contribution in [2.24, 2.45) is 7.05 Å². The van der Waals surface area contributed by atoms with Crippen LogP contribution in [0.5, 0.6) is 0 Å². The molecular formula is C12H13N5O3. The zero-order valence-corrected chi connectivity index (χ0v) is 10.8. The van der Waals surface area contributed by atoms with E-state index >= 15 is 0 Å². The van der Waals surface area contributed by atoms with Gasteiger partial charge in [-0.25, -0.2) is 9.78 Å². The van der Waals surface area contributed by atoms with Crippen molar-refractivity contribution in [1.82, 2.24) is 24.6 Å². The third kappa shape index (κ3) is 1.85. The molecule has 3 rings (SSSR count). The summed E-state index contributed by atoms with van der Waals surface area (Å²) in [7, 11) is 1.65. The first kappa shape index (κ1) is 12.4. The van der Waals surface area contributed by atoms with Crippen molar-refractivity contribution in [3.05, 3.63) is 35.7 Å². The van der Waals surface area contributed by atoms with E-state index in [1.165, 1.54) is 22.1 Å². The lowest BCUT2D eigenvalue weighted by Crippen LogP contribution is -2.49. The topological polar surface area (TPSA) is 104 Å². The first-order valence-corrected chi connectivity index (χ1v) is 6.11. The van der Waals surface area contributed by atoms with E-state index in [9.17, 15) is 14.7 Å². The molecule has 2 aromatic heterocycles. The van der Waals surface area contributed by atoms with E-state index in [0.717, 1.165) is 5.69 Å². The van der Waals surface area contributed by atoms with Crippen LogP contribution in [0.1, 0.15) is 21.9 Å². The molecule has 1 atom stereocenters. The Morgan fingerprint density at radius 1 is 1.50 bits per heavy atom. The summed E-state index contributed by atoms with van der Waals surface area (Å²) in [6.45, 7) is 0.205. The molecule has 0 saturated heterocycles. The molecule has 1 unspecified atom stereocenters. The van der Waals surface area contributed by atoms with Gasteiger partial charge in [0.1, 0.15) is 11.7 Å². The quantitative estimate of drug-likeness (QED) is 0.789. The molecule has 1 aliphatic heterocycles. The third-order valence-electron chi connectivity index (χ3n) is 3.48. The minimum atomic E-state index is -1.03. The van der Waals surface area contributed by atoms with Crippen LogP contribution < -0.4 is 0 Å². The van der Waals surface area contributed by atoms with Gasteiger partial charge < -0.3 is 15.0 Å². The van der Waals surface area contributed by atoms with E-state index < -0.39 is 12.0 Å². The zero-order chi connectivity index (χ0) is 14.3. The second-order valence-corrected chi connectivity index (χ2v) is 4.66. The summed E-state index contributed by atoms with van der Waals surface area (Å²) >= 11 is 0. The van der Waals surface area contributed by atoms with E-state index in [2.05, 4.69) is 15.1 Å². The van der Waals surface area contributed by atoms with Crippen LogP contribution in [0.3, 0.4) is 0 Å². The average molecular weight is 275 g/mol. The van der Waals surface area contributed by atoms with Crippen molar-refractivity contribution in [1.29, 1.82) is 0 Å². The molecule has 0 radical (unpaired) electrons. The largest absolute Gasteiger partial charge is 0.480 e. The number of nitrogens with one attached hydrogen (secondary N) is 1. The maximum atomic E-state index is 12.5. The van der Waals surface area contributed by atoms with Crippen LogP contribution in [0.25, 0.3) is 0 Å². The van der Waals surface area contributed by atoms with Crippen molar-refractivity contribution in [2.75, 3.05) is 0 Å². The second kappa shape index (κ2) is 4.48. The van der Waals surface area contributed by atoms with Crippen LogP contribution in [0.15, 0.2) is 18.6 Å². The summed E-state index contributed by atoms with van der Waals surface area (Å²) in [5.41, 5.74) is 1.84. The predicted octanol–water partition coefficient (Wildman–Crippen LogP) is -0.205. The monoisotopic (exact) mass is 275 g/mol. The van der Waals surface area contributed by atoms with E-state index in [1.54, 1.807) is 13.1 Å². The van der Waals surface area contributed by atoms with E-state index in [4.69, 9.17) is 0 Å². The molecule has 8 heteroatoms.